The topological polar surface area (TPSA) is 39.2 Å². The average molecular weight is 245 g/mol. The lowest BCUT2D eigenvalue weighted by Gasteiger charge is -2.05. The molecule has 0 saturated carbocycles. The number of pyridine rings is 1. The first kappa shape index (κ1) is 12.2. The molecule has 1 aromatic heterocycles. The van der Waals surface area contributed by atoms with E-state index in [1.807, 2.05) is 0 Å². The summed E-state index contributed by atoms with van der Waals surface area (Å²) in [6.45, 7) is 2.04. The van der Waals surface area contributed by atoms with Gasteiger partial charge in [-0.1, -0.05) is 12.1 Å². The second-order valence-corrected chi connectivity index (χ2v) is 3.64. The Hall–Kier alpha value is -2.23. The van der Waals surface area contributed by atoms with Gasteiger partial charge in [-0.05, 0) is 31.2 Å². The lowest BCUT2D eigenvalue weighted by atomic mass is 10.1. The van der Waals surface area contributed by atoms with Crippen LogP contribution in [0.25, 0.3) is 11.3 Å². The summed E-state index contributed by atoms with van der Waals surface area (Å²) < 4.78 is 18.5. The van der Waals surface area contributed by atoms with Gasteiger partial charge in [-0.15, -0.1) is 0 Å². The maximum Gasteiger partial charge on any atom is 0.338 e. The Balaban J connectivity index is 2.39. The Morgan fingerprint density at radius 1 is 1.33 bits per heavy atom. The van der Waals surface area contributed by atoms with E-state index in [1.165, 1.54) is 18.3 Å². The highest BCUT2D eigenvalue weighted by Gasteiger charge is 2.10. The predicted octanol–water partition coefficient (Wildman–Crippen LogP) is 3.06. The number of aromatic nitrogens is 1. The van der Waals surface area contributed by atoms with Gasteiger partial charge in [0.2, 0.25) is 0 Å². The van der Waals surface area contributed by atoms with Crippen LogP contribution in [-0.4, -0.2) is 17.6 Å². The van der Waals surface area contributed by atoms with E-state index in [0.717, 1.165) is 0 Å². The Bertz CT molecular complexity index is 569. The zero-order chi connectivity index (χ0) is 13.0. The summed E-state index contributed by atoms with van der Waals surface area (Å²) in [6, 6.07) is 9.43. The second-order valence-electron chi connectivity index (χ2n) is 3.64. The van der Waals surface area contributed by atoms with Crippen molar-refractivity contribution in [3.8, 4) is 11.3 Å². The Morgan fingerprint density at radius 3 is 2.89 bits per heavy atom. The van der Waals surface area contributed by atoms with Crippen molar-refractivity contribution in [3.63, 3.8) is 0 Å². The highest BCUT2D eigenvalue weighted by atomic mass is 19.1. The van der Waals surface area contributed by atoms with E-state index in [1.54, 1.807) is 31.2 Å². The molecule has 1 aromatic carbocycles. The van der Waals surface area contributed by atoms with Gasteiger partial charge in [0.15, 0.2) is 0 Å². The van der Waals surface area contributed by atoms with E-state index in [9.17, 15) is 9.18 Å². The maximum atomic E-state index is 13.6. The minimum atomic E-state index is -0.421. The number of halogens is 1. The Morgan fingerprint density at radius 2 is 2.17 bits per heavy atom. The minimum absolute atomic E-state index is 0.226. The van der Waals surface area contributed by atoms with Gasteiger partial charge in [0.25, 0.3) is 0 Å². The van der Waals surface area contributed by atoms with E-state index < -0.39 is 11.8 Å². The molecule has 18 heavy (non-hydrogen) atoms. The monoisotopic (exact) mass is 245 g/mol. The predicted molar refractivity (Wildman–Crippen MR) is 65.6 cm³/mol. The van der Waals surface area contributed by atoms with Gasteiger partial charge >= 0.3 is 5.97 Å². The van der Waals surface area contributed by atoms with Crippen LogP contribution < -0.4 is 0 Å². The minimum Gasteiger partial charge on any atom is -0.462 e. The van der Waals surface area contributed by atoms with Crippen molar-refractivity contribution in [1.82, 2.24) is 4.98 Å². The largest absolute Gasteiger partial charge is 0.462 e. The van der Waals surface area contributed by atoms with Gasteiger partial charge in [-0.25, -0.2) is 9.18 Å². The van der Waals surface area contributed by atoms with Crippen molar-refractivity contribution in [2.45, 2.75) is 6.92 Å². The molecule has 2 aromatic rings. The molecule has 0 atom stereocenters. The van der Waals surface area contributed by atoms with Crippen LogP contribution in [0.4, 0.5) is 4.39 Å². The van der Waals surface area contributed by atoms with Crippen molar-refractivity contribution in [3.05, 3.63) is 54.0 Å². The van der Waals surface area contributed by atoms with E-state index in [2.05, 4.69) is 4.98 Å². The van der Waals surface area contributed by atoms with E-state index >= 15 is 0 Å². The zero-order valence-corrected chi connectivity index (χ0v) is 9.89. The fraction of sp³-hybridized carbons (Fsp3) is 0.143. The first-order valence-corrected chi connectivity index (χ1v) is 5.60. The highest BCUT2D eigenvalue weighted by Crippen LogP contribution is 2.21. The molecular formula is C14H12FNO2. The molecule has 92 valence electrons. The molecule has 0 saturated heterocycles. The molecule has 0 spiro atoms. The quantitative estimate of drug-likeness (QED) is 0.780. The van der Waals surface area contributed by atoms with E-state index in [-0.39, 0.29) is 5.69 Å². The van der Waals surface area contributed by atoms with Crippen LogP contribution in [0, 0.1) is 5.82 Å². The first-order valence-electron chi connectivity index (χ1n) is 5.60. The van der Waals surface area contributed by atoms with Crippen LogP contribution in [-0.2, 0) is 4.74 Å². The number of ether oxygens (including phenoxy) is 1. The molecule has 0 radical (unpaired) electrons. The summed E-state index contributed by atoms with van der Waals surface area (Å²) in [4.78, 5) is 15.5. The third kappa shape index (κ3) is 2.53. The van der Waals surface area contributed by atoms with Gasteiger partial charge in [-0.3, -0.25) is 4.98 Å². The molecule has 3 nitrogen and oxygen atoms in total. The fourth-order valence-corrected chi connectivity index (χ4v) is 1.61. The van der Waals surface area contributed by atoms with Crippen LogP contribution in [0.15, 0.2) is 42.6 Å². The molecule has 1 heterocycles. The summed E-state index contributed by atoms with van der Waals surface area (Å²) in [5.74, 6) is -0.839. The number of hydrogen-bond acceptors (Lipinski definition) is 3. The zero-order valence-electron chi connectivity index (χ0n) is 9.89. The van der Waals surface area contributed by atoms with Gasteiger partial charge < -0.3 is 4.74 Å². The SMILES string of the molecule is CCOC(=O)c1cccc(-c2ncccc2F)c1. The maximum absolute atomic E-state index is 13.6. The van der Waals surface area contributed by atoms with Gasteiger partial charge in [0.05, 0.1) is 12.2 Å². The van der Waals surface area contributed by atoms with E-state index in [4.69, 9.17) is 4.74 Å². The van der Waals surface area contributed by atoms with Crippen molar-refractivity contribution in [2.75, 3.05) is 6.61 Å². The number of esters is 1. The average Bonchev–Trinajstić information content (AvgIpc) is 2.40. The molecule has 4 heteroatoms. The molecule has 0 amide bonds. The molecular weight excluding hydrogens is 233 g/mol. The summed E-state index contributed by atoms with van der Waals surface area (Å²) in [7, 11) is 0. The first-order chi connectivity index (χ1) is 8.72. The number of nitrogens with zero attached hydrogens (tertiary/aromatic N) is 1. The molecule has 0 aliphatic rings. The Labute approximate surface area is 104 Å². The molecule has 0 aliphatic carbocycles. The third-order valence-corrected chi connectivity index (χ3v) is 2.41. The number of hydrogen-bond donors (Lipinski definition) is 0. The summed E-state index contributed by atoms with van der Waals surface area (Å²) >= 11 is 0. The van der Waals surface area contributed by atoms with Crippen LogP contribution in [0.5, 0.6) is 0 Å². The van der Waals surface area contributed by atoms with Crippen LogP contribution in [0.2, 0.25) is 0 Å². The van der Waals surface area contributed by atoms with Gasteiger partial charge in [0.1, 0.15) is 11.5 Å². The van der Waals surface area contributed by atoms with Crippen LogP contribution in [0.1, 0.15) is 17.3 Å². The smallest absolute Gasteiger partial charge is 0.338 e. The third-order valence-electron chi connectivity index (χ3n) is 2.41. The number of carbonyl (C=O) groups is 1. The second kappa shape index (κ2) is 5.40. The van der Waals surface area contributed by atoms with Gasteiger partial charge in [0, 0.05) is 11.8 Å². The van der Waals surface area contributed by atoms with Crippen molar-refractivity contribution < 1.29 is 13.9 Å². The lowest BCUT2D eigenvalue weighted by Crippen LogP contribution is -2.04. The van der Waals surface area contributed by atoms with Crippen LogP contribution in [0.3, 0.4) is 0 Å². The molecule has 0 N–H and O–H groups in total. The van der Waals surface area contributed by atoms with Crippen molar-refractivity contribution in [1.29, 1.82) is 0 Å². The highest BCUT2D eigenvalue weighted by molar-refractivity contribution is 5.90. The van der Waals surface area contributed by atoms with Gasteiger partial charge in [-0.2, -0.15) is 0 Å². The molecule has 0 fully saturated rings. The van der Waals surface area contributed by atoms with Crippen molar-refractivity contribution >= 4 is 5.97 Å². The molecule has 0 aliphatic heterocycles. The summed E-state index contributed by atoms with van der Waals surface area (Å²) in [6.07, 6.45) is 1.51. The Kier molecular flexibility index (Phi) is 3.67. The number of carbonyl (C=O) groups excluding carboxylic acids is 1. The number of rotatable bonds is 3. The molecule has 2 rings (SSSR count). The molecule has 0 bridgehead atoms. The summed E-state index contributed by atoms with van der Waals surface area (Å²) in [5, 5.41) is 0. The fourth-order valence-electron chi connectivity index (χ4n) is 1.61. The molecule has 0 unspecified atom stereocenters. The number of benzene rings is 1. The summed E-state index contributed by atoms with van der Waals surface area (Å²) in [5.41, 5.74) is 1.17. The van der Waals surface area contributed by atoms with Crippen LogP contribution >= 0.6 is 0 Å². The van der Waals surface area contributed by atoms with Crippen molar-refractivity contribution in [2.24, 2.45) is 0 Å². The van der Waals surface area contributed by atoms with E-state index in [0.29, 0.717) is 17.7 Å². The normalized spacial score (nSPS) is 10.1. The standard InChI is InChI=1S/C14H12FNO2/c1-2-18-14(17)11-6-3-5-10(9-11)13-12(15)7-4-8-16-13/h3-9H,2H2,1H3. The lowest BCUT2D eigenvalue weighted by molar-refractivity contribution is 0.0526.